The normalized spacial score (nSPS) is 13.9. The number of nitrogens with two attached hydrogens (primary N) is 1. The van der Waals surface area contributed by atoms with E-state index in [9.17, 15) is 53.1 Å². The fraction of sp³-hybridized carbons (Fsp3) is 0.388. The van der Waals surface area contributed by atoms with Gasteiger partial charge >= 0.3 is 24.3 Å². The summed E-state index contributed by atoms with van der Waals surface area (Å²) in [5.41, 5.74) is 9.66. The number of H-pyrrole nitrogens is 1. The molecule has 2 aliphatic rings. The number of amides is 10. The number of alkyl halides is 1. The van der Waals surface area contributed by atoms with Crippen molar-refractivity contribution in [3.63, 3.8) is 0 Å². The number of hydrogen-bond acceptors (Lipinski definition) is 18. The summed E-state index contributed by atoms with van der Waals surface area (Å²) in [5, 5.41) is 22.7. The van der Waals surface area contributed by atoms with Crippen LogP contribution in [0.3, 0.4) is 0 Å². The van der Waals surface area contributed by atoms with Gasteiger partial charge in [0.2, 0.25) is 5.91 Å². The van der Waals surface area contributed by atoms with E-state index in [2.05, 4.69) is 31.2 Å². The van der Waals surface area contributed by atoms with Crippen molar-refractivity contribution in [1.82, 2.24) is 35.3 Å². The number of nitrogens with one attached hydrogen (secondary N) is 5. The highest BCUT2D eigenvalue weighted by atomic mass is 35.5. The molecular weight excluding hydrogens is 1270 g/mol. The minimum absolute atomic E-state index is 0.0197. The highest BCUT2D eigenvalue weighted by molar-refractivity contribution is 6.20. The largest absolute Gasteiger partial charge is 0.491 e. The van der Waals surface area contributed by atoms with Crippen LogP contribution in [0, 0.1) is 18.8 Å². The molecule has 0 fully saturated rings. The number of pyridine rings is 1. The van der Waals surface area contributed by atoms with Crippen LogP contribution in [0.5, 0.6) is 11.5 Å². The molecule has 28 nitrogen and oxygen atoms in total. The first-order valence-electron chi connectivity index (χ1n) is 31.1. The van der Waals surface area contributed by atoms with Crippen molar-refractivity contribution in [2.24, 2.45) is 17.6 Å². The molecule has 0 saturated carbocycles. The number of aromatic nitrogens is 2. The van der Waals surface area contributed by atoms with Gasteiger partial charge in [-0.1, -0.05) is 44.2 Å². The van der Waals surface area contributed by atoms with Crippen LogP contribution < -0.4 is 41.4 Å². The fourth-order valence-electron chi connectivity index (χ4n) is 10.8. The number of carbonyl (C=O) groups excluding carboxylic acids is 10. The first kappa shape index (κ1) is 71.7. The van der Waals surface area contributed by atoms with Gasteiger partial charge in [-0.05, 0) is 96.3 Å². The third-order valence-corrected chi connectivity index (χ3v) is 16.3. The number of aliphatic hydroxyl groups is 1. The molecule has 96 heavy (non-hydrogen) atoms. The summed E-state index contributed by atoms with van der Waals surface area (Å²) in [6, 6.07) is 21.8. The maximum Gasteiger partial charge on any atom is 0.415 e. The Morgan fingerprint density at radius 3 is 2.30 bits per heavy atom. The van der Waals surface area contributed by atoms with E-state index in [1.165, 1.54) is 23.0 Å². The Bertz CT molecular complexity index is 3830. The number of carbonyl (C=O) groups is 10. The summed E-state index contributed by atoms with van der Waals surface area (Å²) >= 11 is 6.64. The molecule has 510 valence electrons. The number of methoxy groups -OCH3 is 1. The number of aromatic amines is 1. The topological polar surface area (TPSA) is 362 Å². The number of urea groups is 1. The monoisotopic (exact) mass is 1340 g/mol. The van der Waals surface area contributed by atoms with E-state index in [4.69, 9.17) is 45.8 Å². The van der Waals surface area contributed by atoms with Crippen LogP contribution in [0.4, 0.5) is 36.2 Å². The van der Waals surface area contributed by atoms with E-state index < -0.39 is 78.2 Å². The van der Waals surface area contributed by atoms with Gasteiger partial charge in [-0.2, -0.15) is 0 Å². The van der Waals surface area contributed by atoms with Crippen molar-refractivity contribution in [2.45, 2.75) is 58.6 Å². The van der Waals surface area contributed by atoms with Crippen molar-refractivity contribution in [3.8, 4) is 11.5 Å². The SMILES string of the molecule is COCCOc1ccc(C(=O)Nc2cnc3[nH]c(C(=O)N4C[C@@H](CCl)c5c4cc(OC(=O)N(CCO)CCN(C)C(=O)OCc4ccc(NC(=O)[C@H](CCCNC(N)=O)CC(=O)[C@@H](NC(=O)OCCOCCN6C(=O)C=CC6=O)C(C)C)cc4)c4cccc(C)c54)cc3c2)cc1. The number of imide groups is 1. The summed E-state index contributed by atoms with van der Waals surface area (Å²) in [4.78, 5) is 143. The van der Waals surface area contributed by atoms with Gasteiger partial charge in [0.15, 0.2) is 5.78 Å². The lowest BCUT2D eigenvalue weighted by Gasteiger charge is -2.25. The number of Topliss-reactive ketones (excluding diaryl/α,β-unsaturated/α-hetero) is 1. The predicted molar refractivity (Wildman–Crippen MR) is 354 cm³/mol. The van der Waals surface area contributed by atoms with Gasteiger partial charge in [0, 0.05) is 111 Å². The number of rotatable bonds is 33. The van der Waals surface area contributed by atoms with Crippen LogP contribution in [0.25, 0.3) is 21.8 Å². The molecule has 6 aromatic rings. The van der Waals surface area contributed by atoms with Crippen LogP contribution in [-0.4, -0.2) is 194 Å². The Morgan fingerprint density at radius 1 is 0.854 bits per heavy atom. The number of ketones is 1. The van der Waals surface area contributed by atoms with E-state index in [1.807, 2.05) is 19.1 Å². The molecule has 0 spiro atoms. The molecule has 0 radical (unpaired) electrons. The average molecular weight is 1340 g/mol. The van der Waals surface area contributed by atoms with Gasteiger partial charge in [-0.25, -0.2) is 24.2 Å². The zero-order valence-corrected chi connectivity index (χ0v) is 54.6. The standard InChI is InChI=1S/C67H78ClN11O17/c1-40(2)59(75-65(88)94-31-29-92-27-25-78-55(82)19-20-56(78)83)53(81)34-44(9-7-21-70-64(69)87)62(85)72-47-15-11-42(12-16-47)39-95-66(89)76(4)22-23-77(24-26-80)67(90)96-54-35-52-58(57-41(3)8-6-10-50(54)57)46(36-68)38-79(52)63(86)51-33-45-32-48(37-71-60(45)74-51)73-61(84)43-13-17-49(18-14-43)93-30-28-91-5/h6,8,10-20,32-33,35,37,40,44,46,59,80H,7,9,21-31,34,36,38-39H2,1-5H3,(H,71,74)(H,72,85)(H,73,84)(H,75,88)(H3,69,70,87)/t44-,46-,59+/m1/s1. The molecule has 0 saturated heterocycles. The lowest BCUT2D eigenvalue weighted by Crippen LogP contribution is -2.46. The minimum atomic E-state index is -1.04. The molecule has 2 aromatic heterocycles. The third-order valence-electron chi connectivity index (χ3n) is 15.9. The summed E-state index contributed by atoms with van der Waals surface area (Å²) in [6.07, 6.45) is 1.49. The Balaban J connectivity index is 0.845. The second-order valence-corrected chi connectivity index (χ2v) is 23.4. The van der Waals surface area contributed by atoms with Crippen molar-refractivity contribution >= 4 is 110 Å². The number of fused-ring (bicyclic) bond motifs is 4. The second kappa shape index (κ2) is 34.3. The zero-order valence-electron chi connectivity index (χ0n) is 53.8. The summed E-state index contributed by atoms with van der Waals surface area (Å²) < 4.78 is 32.9. The van der Waals surface area contributed by atoms with Gasteiger partial charge in [0.25, 0.3) is 23.6 Å². The van der Waals surface area contributed by atoms with Crippen LogP contribution in [0.2, 0.25) is 0 Å². The molecule has 0 bridgehead atoms. The number of likely N-dealkylation sites (N-methyl/N-ethyl adjacent to an activating group) is 1. The Kier molecular flexibility index (Phi) is 25.6. The molecule has 8 rings (SSSR count). The van der Waals surface area contributed by atoms with Crippen LogP contribution >= 0.6 is 11.6 Å². The number of alkyl carbamates (subject to hydrolysis) is 1. The molecule has 2 aliphatic heterocycles. The highest BCUT2D eigenvalue weighted by Crippen LogP contribution is 2.47. The first-order chi connectivity index (χ1) is 46.2. The van der Waals surface area contributed by atoms with Crippen LogP contribution in [0.15, 0.2) is 103 Å². The number of hydrogen-bond donors (Lipinski definition) is 7. The zero-order chi connectivity index (χ0) is 69.0. The second-order valence-electron chi connectivity index (χ2n) is 23.1. The summed E-state index contributed by atoms with van der Waals surface area (Å²) in [7, 11) is 3.05. The van der Waals surface area contributed by atoms with Gasteiger partial charge in [0.05, 0.1) is 56.6 Å². The number of anilines is 3. The van der Waals surface area contributed by atoms with E-state index in [-0.39, 0.29) is 114 Å². The Morgan fingerprint density at radius 2 is 1.60 bits per heavy atom. The van der Waals surface area contributed by atoms with Gasteiger partial charge < -0.3 is 80.2 Å². The van der Waals surface area contributed by atoms with Crippen molar-refractivity contribution in [2.75, 3.05) is 114 Å². The van der Waals surface area contributed by atoms with Gasteiger partial charge in [0.1, 0.15) is 42.7 Å². The molecule has 0 aliphatic carbocycles. The van der Waals surface area contributed by atoms with Crippen LogP contribution in [-0.2, 0) is 44.7 Å². The smallest absolute Gasteiger partial charge is 0.415 e. The van der Waals surface area contributed by atoms with Crippen molar-refractivity contribution < 1.29 is 81.5 Å². The molecule has 29 heteroatoms. The molecule has 4 heterocycles. The third kappa shape index (κ3) is 19.0. The molecule has 4 aromatic carbocycles. The average Bonchev–Trinajstić information content (AvgIpc) is 1.54. The van der Waals surface area contributed by atoms with E-state index >= 15 is 0 Å². The number of benzene rings is 4. The summed E-state index contributed by atoms with van der Waals surface area (Å²) in [6.45, 7) is 5.37. The molecular formula is C67H78ClN11O17. The Hall–Kier alpha value is -10.2. The maximum absolute atomic E-state index is 14.6. The number of aliphatic hydroxyl groups excluding tert-OH is 1. The quantitative estimate of drug-likeness (QED) is 0.0124. The number of halogens is 1. The molecule has 0 unspecified atom stereocenters. The maximum atomic E-state index is 14.6. The first-order valence-corrected chi connectivity index (χ1v) is 31.6. The number of ether oxygens (including phenoxy) is 6. The van der Waals surface area contributed by atoms with Crippen molar-refractivity contribution in [1.29, 1.82) is 0 Å². The van der Waals surface area contributed by atoms with Gasteiger partial charge in [-0.3, -0.25) is 33.7 Å². The van der Waals surface area contributed by atoms with Crippen molar-refractivity contribution in [3.05, 3.63) is 131 Å². The molecule has 10 amide bonds. The van der Waals surface area contributed by atoms with Crippen LogP contribution in [0.1, 0.15) is 76.6 Å². The highest BCUT2D eigenvalue weighted by Gasteiger charge is 2.37. The fourth-order valence-corrected chi connectivity index (χ4v) is 11.1. The number of nitrogens with zero attached hydrogens (tertiary/aromatic N) is 5. The molecule has 3 atom stereocenters. The van der Waals surface area contributed by atoms with E-state index in [1.54, 1.807) is 98.7 Å². The Labute approximate surface area is 558 Å². The summed E-state index contributed by atoms with van der Waals surface area (Å²) in [5.74, 6) is -3.37. The lowest BCUT2D eigenvalue weighted by atomic mass is 9.89. The number of aryl methyl sites for hydroxylation is 1. The van der Waals surface area contributed by atoms with E-state index in [0.29, 0.717) is 63.6 Å². The van der Waals surface area contributed by atoms with E-state index in [0.717, 1.165) is 33.6 Å². The lowest BCUT2D eigenvalue weighted by molar-refractivity contribution is -0.137. The number of primary amides is 1. The predicted octanol–water partition coefficient (Wildman–Crippen LogP) is 7.00. The molecule has 8 N–H and O–H groups in total. The minimum Gasteiger partial charge on any atom is -0.491 e. The van der Waals surface area contributed by atoms with Gasteiger partial charge in [-0.15, -0.1) is 11.6 Å².